The molecule has 8 heteroatoms. The van der Waals surface area contributed by atoms with Crippen LogP contribution in [0.5, 0.6) is 0 Å². The Balaban J connectivity index is 1.82. The monoisotopic (exact) mass is 369 g/mol. The van der Waals surface area contributed by atoms with E-state index in [1.807, 2.05) is 0 Å². The van der Waals surface area contributed by atoms with E-state index in [1.165, 1.54) is 23.9 Å². The molecule has 0 amide bonds. The molecule has 128 valence electrons. The van der Waals surface area contributed by atoms with Crippen molar-refractivity contribution in [3.63, 3.8) is 0 Å². The number of thioether (sulfide) groups is 1. The maximum Gasteiger partial charge on any atom is 0.307 e. The number of carbonyl (C=O) groups is 1. The molecule has 0 radical (unpaired) electrons. The van der Waals surface area contributed by atoms with Gasteiger partial charge < -0.3 is 5.11 Å². The van der Waals surface area contributed by atoms with Crippen molar-refractivity contribution in [1.82, 2.24) is 4.72 Å². The fourth-order valence-electron chi connectivity index (χ4n) is 1.92. The average Bonchev–Trinajstić information content (AvgIpc) is 2.53. The summed E-state index contributed by atoms with van der Waals surface area (Å²) in [5.74, 6) is -0.861. The number of carboxylic acids is 1. The second-order valence-corrected chi connectivity index (χ2v) is 7.85. The third-order valence-electron chi connectivity index (χ3n) is 3.07. The maximum atomic E-state index is 12.8. The largest absolute Gasteiger partial charge is 0.481 e. The molecule has 0 bridgehead atoms. The first kappa shape index (κ1) is 18.4. The van der Waals surface area contributed by atoms with Gasteiger partial charge in [-0.1, -0.05) is 12.1 Å². The number of benzene rings is 2. The molecule has 0 fully saturated rings. The van der Waals surface area contributed by atoms with E-state index < -0.39 is 21.8 Å². The van der Waals surface area contributed by atoms with Crippen molar-refractivity contribution in [1.29, 1.82) is 0 Å². The van der Waals surface area contributed by atoms with E-state index in [4.69, 9.17) is 5.11 Å². The van der Waals surface area contributed by atoms with Crippen molar-refractivity contribution in [3.8, 4) is 0 Å². The molecule has 0 atom stereocenters. The molecular weight excluding hydrogens is 353 g/mol. The fourth-order valence-corrected chi connectivity index (χ4v) is 3.85. The molecule has 2 aromatic rings. The highest BCUT2D eigenvalue weighted by atomic mass is 32.2. The van der Waals surface area contributed by atoms with Crippen molar-refractivity contribution in [2.24, 2.45) is 0 Å². The smallest absolute Gasteiger partial charge is 0.307 e. The zero-order valence-electron chi connectivity index (χ0n) is 12.6. The Hall–Kier alpha value is -1.90. The molecule has 0 saturated heterocycles. The van der Waals surface area contributed by atoms with E-state index in [0.717, 1.165) is 17.0 Å². The quantitative estimate of drug-likeness (QED) is 0.552. The van der Waals surface area contributed by atoms with Crippen LogP contribution in [0, 0.1) is 5.82 Å². The van der Waals surface area contributed by atoms with Gasteiger partial charge in [-0.15, -0.1) is 11.8 Å². The summed E-state index contributed by atoms with van der Waals surface area (Å²) in [4.78, 5) is 11.5. The van der Waals surface area contributed by atoms with Crippen LogP contribution in [0.4, 0.5) is 4.39 Å². The molecule has 2 N–H and O–H groups in total. The summed E-state index contributed by atoms with van der Waals surface area (Å²) in [7, 11) is -3.65. The van der Waals surface area contributed by atoms with Crippen molar-refractivity contribution in [2.75, 3.05) is 12.3 Å². The Morgan fingerprint density at radius 1 is 1.08 bits per heavy atom. The Kier molecular flexibility index (Phi) is 6.36. The molecule has 0 aliphatic rings. The molecule has 0 spiro atoms. The SMILES string of the molecule is O=C(O)Cc1ccc(SCCNS(=O)(=O)c2ccc(F)cc2)cc1. The Morgan fingerprint density at radius 3 is 2.29 bits per heavy atom. The van der Waals surface area contributed by atoms with Gasteiger partial charge in [0, 0.05) is 17.2 Å². The fraction of sp³-hybridized carbons (Fsp3) is 0.188. The standard InChI is InChI=1S/C16H16FNO4S2/c17-13-3-7-15(8-4-13)24(21,22)18-9-10-23-14-5-1-12(2-6-14)11-16(19)20/h1-8,18H,9-11H2,(H,19,20). The van der Waals surface area contributed by atoms with E-state index in [9.17, 15) is 17.6 Å². The van der Waals surface area contributed by atoms with Crippen LogP contribution in [0.3, 0.4) is 0 Å². The molecule has 0 unspecified atom stereocenters. The van der Waals surface area contributed by atoms with Crippen molar-refractivity contribution in [3.05, 3.63) is 59.9 Å². The van der Waals surface area contributed by atoms with E-state index in [1.54, 1.807) is 24.3 Å². The lowest BCUT2D eigenvalue weighted by molar-refractivity contribution is -0.136. The van der Waals surface area contributed by atoms with Gasteiger partial charge in [-0.2, -0.15) is 0 Å². The third kappa shape index (κ3) is 5.63. The highest BCUT2D eigenvalue weighted by molar-refractivity contribution is 7.99. The minimum absolute atomic E-state index is 0.0203. The molecule has 2 aromatic carbocycles. The summed E-state index contributed by atoms with van der Waals surface area (Å²) in [6, 6.07) is 11.7. The van der Waals surface area contributed by atoms with Crippen molar-refractivity contribution < 1.29 is 22.7 Å². The zero-order chi connectivity index (χ0) is 17.6. The maximum absolute atomic E-state index is 12.8. The number of hydrogen-bond donors (Lipinski definition) is 2. The predicted molar refractivity (Wildman–Crippen MR) is 90.1 cm³/mol. The first-order valence-electron chi connectivity index (χ1n) is 7.05. The molecule has 0 aliphatic heterocycles. The normalized spacial score (nSPS) is 11.4. The van der Waals surface area contributed by atoms with Crippen molar-refractivity contribution in [2.45, 2.75) is 16.2 Å². The number of aliphatic carboxylic acids is 1. The van der Waals surface area contributed by atoms with Gasteiger partial charge in [-0.05, 0) is 42.0 Å². The van der Waals surface area contributed by atoms with Crippen LogP contribution in [0.25, 0.3) is 0 Å². The molecule has 2 rings (SSSR count). The van der Waals surface area contributed by atoms with Gasteiger partial charge in [0.1, 0.15) is 5.82 Å². The summed E-state index contributed by atoms with van der Waals surface area (Å²) < 4.78 is 39.3. The van der Waals surface area contributed by atoms with Crippen LogP contribution in [0.1, 0.15) is 5.56 Å². The first-order valence-corrected chi connectivity index (χ1v) is 9.52. The number of nitrogens with one attached hydrogen (secondary N) is 1. The van der Waals surface area contributed by atoms with Gasteiger partial charge in [0.15, 0.2) is 0 Å². The number of rotatable bonds is 8. The van der Waals surface area contributed by atoms with Gasteiger partial charge >= 0.3 is 5.97 Å². The van der Waals surface area contributed by atoms with Gasteiger partial charge in [0.05, 0.1) is 11.3 Å². The zero-order valence-corrected chi connectivity index (χ0v) is 14.2. The highest BCUT2D eigenvalue weighted by Gasteiger charge is 2.13. The summed E-state index contributed by atoms with van der Waals surface area (Å²) in [6.45, 7) is 0.223. The second kappa shape index (κ2) is 8.27. The van der Waals surface area contributed by atoms with Crippen molar-refractivity contribution >= 4 is 27.8 Å². The van der Waals surface area contributed by atoms with Gasteiger partial charge in [-0.25, -0.2) is 17.5 Å². The molecule has 0 heterocycles. The lowest BCUT2D eigenvalue weighted by Crippen LogP contribution is -2.26. The van der Waals surface area contributed by atoms with E-state index in [-0.39, 0.29) is 17.9 Å². The average molecular weight is 369 g/mol. The van der Waals surface area contributed by atoms with Gasteiger partial charge in [0.2, 0.25) is 10.0 Å². The molecule has 0 saturated carbocycles. The summed E-state index contributed by atoms with van der Waals surface area (Å²) in [5, 5.41) is 8.70. The third-order valence-corrected chi connectivity index (χ3v) is 5.56. The van der Waals surface area contributed by atoms with Crippen LogP contribution in [0.15, 0.2) is 58.3 Å². The lowest BCUT2D eigenvalue weighted by Gasteiger charge is -2.07. The summed E-state index contributed by atoms with van der Waals surface area (Å²) >= 11 is 1.45. The number of sulfonamides is 1. The molecule has 0 aliphatic carbocycles. The van der Waals surface area contributed by atoms with Crippen LogP contribution < -0.4 is 4.72 Å². The van der Waals surface area contributed by atoms with Crippen LogP contribution in [-0.4, -0.2) is 31.8 Å². The second-order valence-electron chi connectivity index (χ2n) is 4.91. The number of carboxylic acid groups (broad SMARTS) is 1. The highest BCUT2D eigenvalue weighted by Crippen LogP contribution is 2.18. The molecule has 24 heavy (non-hydrogen) atoms. The van der Waals surface area contributed by atoms with Gasteiger partial charge in [0.25, 0.3) is 0 Å². The minimum Gasteiger partial charge on any atom is -0.481 e. The minimum atomic E-state index is -3.65. The van der Waals surface area contributed by atoms with Crippen LogP contribution in [0.2, 0.25) is 0 Å². The van der Waals surface area contributed by atoms with Crippen LogP contribution >= 0.6 is 11.8 Å². The molecule has 5 nitrogen and oxygen atoms in total. The number of hydrogen-bond acceptors (Lipinski definition) is 4. The first-order chi connectivity index (χ1) is 11.4. The topological polar surface area (TPSA) is 83.5 Å². The molecule has 0 aromatic heterocycles. The summed E-state index contributed by atoms with van der Waals surface area (Å²) in [5.41, 5.74) is 0.712. The number of halogens is 1. The lowest BCUT2D eigenvalue weighted by atomic mass is 10.2. The summed E-state index contributed by atoms with van der Waals surface area (Å²) in [6.07, 6.45) is -0.0254. The Labute approximate surface area is 144 Å². The Bertz CT molecular complexity index is 790. The van der Waals surface area contributed by atoms with Gasteiger partial charge in [-0.3, -0.25) is 4.79 Å². The Morgan fingerprint density at radius 2 is 1.71 bits per heavy atom. The van der Waals surface area contributed by atoms with Crippen LogP contribution in [-0.2, 0) is 21.2 Å². The predicted octanol–water partition coefficient (Wildman–Crippen LogP) is 2.52. The van der Waals surface area contributed by atoms with E-state index >= 15 is 0 Å². The van der Waals surface area contributed by atoms with E-state index in [0.29, 0.717) is 11.3 Å². The van der Waals surface area contributed by atoms with E-state index in [2.05, 4.69) is 4.72 Å². The molecular formula is C16H16FNO4S2.